The molecular weight excluding hydrogens is 463 g/mol. The monoisotopic (exact) mass is 487 g/mol. The van der Waals surface area contributed by atoms with Gasteiger partial charge in [0.15, 0.2) is 0 Å². The minimum Gasteiger partial charge on any atom is -0.343 e. The van der Waals surface area contributed by atoms with Crippen LogP contribution in [0.4, 0.5) is 13.2 Å². The summed E-state index contributed by atoms with van der Waals surface area (Å²) in [5.74, 6) is -0.298. The van der Waals surface area contributed by atoms with Gasteiger partial charge >= 0.3 is 6.18 Å². The van der Waals surface area contributed by atoms with Crippen LogP contribution in [-0.2, 0) is 18.9 Å². The van der Waals surface area contributed by atoms with E-state index >= 15 is 0 Å². The van der Waals surface area contributed by atoms with Crippen molar-refractivity contribution >= 4 is 28.3 Å². The number of hydrogen-bond acceptors (Lipinski definition) is 5. The van der Waals surface area contributed by atoms with Gasteiger partial charge in [-0.2, -0.15) is 13.2 Å². The van der Waals surface area contributed by atoms with Crippen LogP contribution in [0.5, 0.6) is 0 Å². The van der Waals surface area contributed by atoms with Gasteiger partial charge in [-0.1, -0.05) is 24.3 Å². The van der Waals surface area contributed by atoms with Crippen molar-refractivity contribution in [3.05, 3.63) is 75.8 Å². The summed E-state index contributed by atoms with van der Waals surface area (Å²) in [7, 11) is 1.85. The molecular formula is C24H24F3N5OS. The van der Waals surface area contributed by atoms with Gasteiger partial charge in [-0.05, 0) is 38.0 Å². The molecule has 1 aromatic carbocycles. The number of imidazole rings is 1. The number of carbonyl (C=O) groups excluding carboxylic acids is 1. The van der Waals surface area contributed by atoms with Crippen LogP contribution in [0.2, 0.25) is 0 Å². The third kappa shape index (κ3) is 4.68. The number of nitrogens with one attached hydrogen (secondary N) is 1. The Morgan fingerprint density at radius 1 is 1.12 bits per heavy atom. The highest BCUT2D eigenvalue weighted by molar-refractivity contribution is 7.11. The van der Waals surface area contributed by atoms with Crippen molar-refractivity contribution in [3.63, 3.8) is 0 Å². The molecule has 1 amide bonds. The van der Waals surface area contributed by atoms with Gasteiger partial charge in [0.1, 0.15) is 11.2 Å². The summed E-state index contributed by atoms with van der Waals surface area (Å²) in [6.07, 6.45) is 1.12. The van der Waals surface area contributed by atoms with E-state index in [-0.39, 0.29) is 17.5 Å². The molecule has 0 spiro atoms. The first kappa shape index (κ1) is 23.9. The van der Waals surface area contributed by atoms with E-state index in [0.29, 0.717) is 17.6 Å². The minimum atomic E-state index is -4.32. The molecule has 1 atom stereocenters. The average molecular weight is 488 g/mol. The molecule has 4 aromatic rings. The van der Waals surface area contributed by atoms with Gasteiger partial charge in [-0.15, -0.1) is 11.3 Å². The minimum absolute atomic E-state index is 0.220. The highest BCUT2D eigenvalue weighted by Crippen LogP contribution is 2.40. The van der Waals surface area contributed by atoms with E-state index in [1.54, 1.807) is 36.9 Å². The maximum Gasteiger partial charge on any atom is 0.397 e. The molecule has 0 aliphatic heterocycles. The van der Waals surface area contributed by atoms with E-state index in [9.17, 15) is 18.0 Å². The molecule has 0 aliphatic carbocycles. The van der Waals surface area contributed by atoms with Crippen LogP contribution >= 0.6 is 11.3 Å². The fourth-order valence-electron chi connectivity index (χ4n) is 3.48. The summed E-state index contributed by atoms with van der Waals surface area (Å²) in [6.45, 7) is 4.22. The first-order valence-electron chi connectivity index (χ1n) is 10.6. The Balaban J connectivity index is 1.41. The predicted octanol–water partition coefficient (Wildman–Crippen LogP) is 5.35. The van der Waals surface area contributed by atoms with Gasteiger partial charge in [-0.3, -0.25) is 4.79 Å². The number of aromatic nitrogens is 4. The molecule has 4 rings (SSSR count). The Kier molecular flexibility index (Phi) is 6.20. The molecule has 6 nitrogen and oxygen atoms in total. The quantitative estimate of drug-likeness (QED) is 0.398. The highest BCUT2D eigenvalue weighted by atomic mass is 32.1. The van der Waals surface area contributed by atoms with E-state index in [1.165, 1.54) is 37.3 Å². The molecule has 1 N–H and O–H groups in total. The van der Waals surface area contributed by atoms with E-state index in [2.05, 4.69) is 20.3 Å². The molecule has 34 heavy (non-hydrogen) atoms. The first-order valence-corrected chi connectivity index (χ1v) is 11.5. The third-order valence-corrected chi connectivity index (χ3v) is 7.11. The number of nitrogens with zero attached hydrogens (tertiary/aromatic N) is 4. The van der Waals surface area contributed by atoms with E-state index in [4.69, 9.17) is 0 Å². The Bertz CT molecular complexity index is 1320. The van der Waals surface area contributed by atoms with Crippen molar-refractivity contribution in [2.75, 3.05) is 0 Å². The molecule has 1 unspecified atom stereocenters. The van der Waals surface area contributed by atoms with Crippen LogP contribution < -0.4 is 5.32 Å². The number of amides is 1. The molecule has 0 radical (unpaired) electrons. The topological polar surface area (TPSA) is 72.7 Å². The standard InChI is InChI=1S/C24H24F3N5OS/c1-14(31-22(33)17-10-19-18(11-28-17)30-13-32(19)4)20-12-29-21(34-20)9-15-5-7-16(8-6-15)23(2,3)24(25,26)27/h5-8,10-14H,9H2,1-4H3,(H,31,33). The van der Waals surface area contributed by atoms with Crippen molar-refractivity contribution < 1.29 is 18.0 Å². The van der Waals surface area contributed by atoms with Gasteiger partial charge in [0.05, 0.1) is 34.5 Å². The number of rotatable bonds is 6. The number of alkyl halides is 3. The molecule has 10 heteroatoms. The van der Waals surface area contributed by atoms with Crippen molar-refractivity contribution in [2.45, 2.75) is 44.8 Å². The lowest BCUT2D eigenvalue weighted by molar-refractivity contribution is -0.180. The average Bonchev–Trinajstić information content (AvgIpc) is 3.40. The molecule has 0 fully saturated rings. The van der Waals surface area contributed by atoms with Crippen LogP contribution in [0.3, 0.4) is 0 Å². The van der Waals surface area contributed by atoms with Gasteiger partial charge in [-0.25, -0.2) is 15.0 Å². The highest BCUT2D eigenvalue weighted by Gasteiger charge is 2.48. The molecule has 3 aromatic heterocycles. The van der Waals surface area contributed by atoms with Crippen LogP contribution in [-0.4, -0.2) is 31.6 Å². The van der Waals surface area contributed by atoms with Gasteiger partial charge in [0.2, 0.25) is 0 Å². The van der Waals surface area contributed by atoms with Gasteiger partial charge in [0, 0.05) is 24.5 Å². The number of benzene rings is 1. The van der Waals surface area contributed by atoms with E-state index in [0.717, 1.165) is 21.0 Å². The number of hydrogen-bond donors (Lipinski definition) is 1. The second kappa shape index (κ2) is 8.83. The van der Waals surface area contributed by atoms with Crippen molar-refractivity contribution in [1.82, 2.24) is 24.8 Å². The SMILES string of the molecule is CC(NC(=O)c1cc2c(cn1)ncn2C)c1cnc(Cc2ccc(C(C)(C)C(F)(F)F)cc2)s1. The Morgan fingerprint density at radius 2 is 1.82 bits per heavy atom. The lowest BCUT2D eigenvalue weighted by atomic mass is 9.83. The fourth-order valence-corrected chi connectivity index (χ4v) is 4.44. The normalized spacial score (nSPS) is 13.3. The summed E-state index contributed by atoms with van der Waals surface area (Å²) in [6, 6.07) is 7.87. The van der Waals surface area contributed by atoms with Gasteiger partial charge < -0.3 is 9.88 Å². The summed E-state index contributed by atoms with van der Waals surface area (Å²) >= 11 is 1.45. The zero-order valence-corrected chi connectivity index (χ0v) is 20.0. The van der Waals surface area contributed by atoms with Crippen LogP contribution in [0.25, 0.3) is 11.0 Å². The van der Waals surface area contributed by atoms with Gasteiger partial charge in [0.25, 0.3) is 5.91 Å². The number of carbonyl (C=O) groups is 1. The molecule has 0 aliphatic rings. The lowest BCUT2D eigenvalue weighted by Crippen LogP contribution is -2.36. The summed E-state index contributed by atoms with van der Waals surface area (Å²) in [5, 5.41) is 3.75. The zero-order valence-electron chi connectivity index (χ0n) is 19.1. The second-order valence-corrected chi connectivity index (χ2v) is 9.91. The summed E-state index contributed by atoms with van der Waals surface area (Å²) < 4.78 is 41.6. The molecule has 3 heterocycles. The number of halogens is 3. The second-order valence-electron chi connectivity index (χ2n) is 8.76. The molecule has 0 saturated carbocycles. The lowest BCUT2D eigenvalue weighted by Gasteiger charge is -2.28. The first-order chi connectivity index (χ1) is 16.0. The number of fused-ring (bicyclic) bond motifs is 1. The maximum absolute atomic E-state index is 13.3. The maximum atomic E-state index is 13.3. The van der Waals surface area contributed by atoms with Crippen molar-refractivity contribution in [3.8, 4) is 0 Å². The van der Waals surface area contributed by atoms with Crippen molar-refractivity contribution in [1.29, 1.82) is 0 Å². The Morgan fingerprint density at radius 3 is 2.50 bits per heavy atom. The van der Waals surface area contributed by atoms with E-state index < -0.39 is 11.6 Å². The van der Waals surface area contributed by atoms with Crippen molar-refractivity contribution in [2.24, 2.45) is 7.05 Å². The van der Waals surface area contributed by atoms with Crippen LogP contribution in [0.15, 0.2) is 49.1 Å². The smallest absolute Gasteiger partial charge is 0.343 e. The Labute approximate surface area is 198 Å². The number of pyridine rings is 1. The Hall–Kier alpha value is -3.27. The predicted molar refractivity (Wildman–Crippen MR) is 125 cm³/mol. The summed E-state index contributed by atoms with van der Waals surface area (Å²) in [4.78, 5) is 26.4. The summed E-state index contributed by atoms with van der Waals surface area (Å²) in [5.41, 5.74) is 1.01. The third-order valence-electron chi connectivity index (χ3n) is 5.93. The van der Waals surface area contributed by atoms with Crippen LogP contribution in [0, 0.1) is 0 Å². The van der Waals surface area contributed by atoms with Crippen LogP contribution in [0.1, 0.15) is 58.3 Å². The fraction of sp³-hybridized carbons (Fsp3) is 0.333. The number of thiazole rings is 1. The van der Waals surface area contributed by atoms with E-state index in [1.807, 2.05) is 18.5 Å². The molecule has 0 saturated heterocycles. The molecule has 178 valence electrons. The largest absolute Gasteiger partial charge is 0.397 e. The molecule has 0 bridgehead atoms. The number of aryl methyl sites for hydroxylation is 1. The zero-order chi connectivity index (χ0) is 24.7.